The van der Waals surface area contributed by atoms with E-state index in [0.717, 1.165) is 50.3 Å². The van der Waals surface area contributed by atoms with Gasteiger partial charge in [-0.05, 0) is 31.2 Å². The van der Waals surface area contributed by atoms with Crippen LogP contribution in [0.3, 0.4) is 0 Å². The van der Waals surface area contributed by atoms with Gasteiger partial charge in [-0.15, -0.1) is 5.10 Å². The summed E-state index contributed by atoms with van der Waals surface area (Å²) in [6.07, 6.45) is 4.33. The highest BCUT2D eigenvalue weighted by Crippen LogP contribution is 2.26. The van der Waals surface area contributed by atoms with E-state index in [1.807, 2.05) is 0 Å². The van der Waals surface area contributed by atoms with Crippen LogP contribution < -0.4 is 10.6 Å². The molecule has 0 spiro atoms. The first kappa shape index (κ1) is 15.2. The SMILES string of the molecule is CCc1nnc(N2CCC(OC)CC2)c(CN)c1CC. The van der Waals surface area contributed by atoms with Gasteiger partial charge in [0.2, 0.25) is 0 Å². The van der Waals surface area contributed by atoms with Crippen molar-refractivity contribution in [2.45, 2.75) is 52.2 Å². The molecule has 0 radical (unpaired) electrons. The second kappa shape index (κ2) is 6.99. The van der Waals surface area contributed by atoms with E-state index in [4.69, 9.17) is 10.5 Å². The van der Waals surface area contributed by atoms with Crippen LogP contribution in [0.4, 0.5) is 5.82 Å². The van der Waals surface area contributed by atoms with Crippen LogP contribution >= 0.6 is 0 Å². The molecule has 2 heterocycles. The Morgan fingerprint density at radius 3 is 2.35 bits per heavy atom. The van der Waals surface area contributed by atoms with Crippen LogP contribution in [0.25, 0.3) is 0 Å². The lowest BCUT2D eigenvalue weighted by molar-refractivity contribution is 0.0817. The average Bonchev–Trinajstić information content (AvgIpc) is 2.53. The third kappa shape index (κ3) is 2.94. The van der Waals surface area contributed by atoms with Crippen molar-refractivity contribution in [1.29, 1.82) is 0 Å². The summed E-state index contributed by atoms with van der Waals surface area (Å²) in [5, 5.41) is 8.87. The number of anilines is 1. The summed E-state index contributed by atoms with van der Waals surface area (Å²) >= 11 is 0. The Hall–Kier alpha value is -1.20. The Kier molecular flexibility index (Phi) is 5.31. The molecule has 1 fully saturated rings. The maximum Gasteiger partial charge on any atom is 0.156 e. The van der Waals surface area contributed by atoms with E-state index in [1.54, 1.807) is 7.11 Å². The molecule has 112 valence electrons. The lowest BCUT2D eigenvalue weighted by Crippen LogP contribution is -2.38. The highest BCUT2D eigenvalue weighted by molar-refractivity contribution is 5.51. The Morgan fingerprint density at radius 2 is 1.85 bits per heavy atom. The number of aromatic nitrogens is 2. The largest absolute Gasteiger partial charge is 0.381 e. The van der Waals surface area contributed by atoms with E-state index in [9.17, 15) is 0 Å². The maximum atomic E-state index is 5.99. The molecule has 1 aromatic heterocycles. The van der Waals surface area contributed by atoms with Gasteiger partial charge in [0, 0.05) is 32.3 Å². The van der Waals surface area contributed by atoms with E-state index in [0.29, 0.717) is 12.6 Å². The molecule has 20 heavy (non-hydrogen) atoms. The molecule has 2 rings (SSSR count). The summed E-state index contributed by atoms with van der Waals surface area (Å²) in [4.78, 5) is 2.31. The van der Waals surface area contributed by atoms with E-state index in [2.05, 4.69) is 28.9 Å². The van der Waals surface area contributed by atoms with Crippen molar-refractivity contribution >= 4 is 5.82 Å². The summed E-state index contributed by atoms with van der Waals surface area (Å²) in [5.74, 6) is 0.983. The summed E-state index contributed by atoms with van der Waals surface area (Å²) in [5.41, 5.74) is 9.54. The lowest BCUT2D eigenvalue weighted by atomic mass is 10.0. The predicted octanol–water partition coefficient (Wildman–Crippen LogP) is 1.68. The minimum Gasteiger partial charge on any atom is -0.381 e. The van der Waals surface area contributed by atoms with Gasteiger partial charge < -0.3 is 15.4 Å². The van der Waals surface area contributed by atoms with Crippen molar-refractivity contribution in [1.82, 2.24) is 10.2 Å². The molecule has 5 nitrogen and oxygen atoms in total. The number of ether oxygens (including phenoxy) is 1. The molecule has 1 aliphatic heterocycles. The Morgan fingerprint density at radius 1 is 1.15 bits per heavy atom. The minimum absolute atomic E-state index is 0.376. The van der Waals surface area contributed by atoms with Crippen molar-refractivity contribution in [3.63, 3.8) is 0 Å². The fraction of sp³-hybridized carbons (Fsp3) is 0.733. The molecule has 0 unspecified atom stereocenters. The second-order valence-electron chi connectivity index (χ2n) is 5.26. The Labute approximate surface area is 121 Å². The summed E-state index contributed by atoms with van der Waals surface area (Å²) in [7, 11) is 1.79. The molecule has 0 bridgehead atoms. The Balaban J connectivity index is 2.28. The topological polar surface area (TPSA) is 64.3 Å². The number of hydrogen-bond acceptors (Lipinski definition) is 5. The van der Waals surface area contributed by atoms with E-state index < -0.39 is 0 Å². The molecule has 2 N–H and O–H groups in total. The summed E-state index contributed by atoms with van der Waals surface area (Å²) in [6.45, 7) is 6.75. The Bertz CT molecular complexity index is 442. The van der Waals surface area contributed by atoms with Crippen molar-refractivity contribution in [3.05, 3.63) is 16.8 Å². The van der Waals surface area contributed by atoms with Gasteiger partial charge in [0.25, 0.3) is 0 Å². The molecule has 0 aliphatic carbocycles. The first-order chi connectivity index (χ1) is 9.74. The molecule has 0 saturated carbocycles. The molecule has 1 aromatic rings. The van der Waals surface area contributed by atoms with Gasteiger partial charge >= 0.3 is 0 Å². The molecule has 0 aromatic carbocycles. The normalized spacial score (nSPS) is 16.7. The highest BCUT2D eigenvalue weighted by Gasteiger charge is 2.23. The number of nitrogens with two attached hydrogens (primary N) is 1. The molecule has 5 heteroatoms. The number of piperidine rings is 1. The molecule has 0 atom stereocenters. The van der Waals surface area contributed by atoms with Gasteiger partial charge in [0.1, 0.15) is 0 Å². The van der Waals surface area contributed by atoms with Gasteiger partial charge in [0.15, 0.2) is 5.82 Å². The molecule has 1 aliphatic rings. The first-order valence-corrected chi connectivity index (χ1v) is 7.60. The van der Waals surface area contributed by atoms with Crippen LogP contribution in [-0.4, -0.2) is 36.5 Å². The van der Waals surface area contributed by atoms with Crippen LogP contribution in [0.5, 0.6) is 0 Å². The van der Waals surface area contributed by atoms with Crippen LogP contribution in [0.15, 0.2) is 0 Å². The van der Waals surface area contributed by atoms with Crippen molar-refractivity contribution < 1.29 is 4.74 Å². The van der Waals surface area contributed by atoms with E-state index in [1.165, 1.54) is 11.1 Å². The van der Waals surface area contributed by atoms with Gasteiger partial charge in [0.05, 0.1) is 11.8 Å². The van der Waals surface area contributed by atoms with Crippen molar-refractivity contribution in [3.8, 4) is 0 Å². The van der Waals surface area contributed by atoms with E-state index >= 15 is 0 Å². The van der Waals surface area contributed by atoms with Gasteiger partial charge in [-0.25, -0.2) is 0 Å². The zero-order chi connectivity index (χ0) is 14.5. The fourth-order valence-corrected chi connectivity index (χ4v) is 3.01. The number of aryl methyl sites for hydroxylation is 1. The number of rotatable bonds is 5. The van der Waals surface area contributed by atoms with Crippen molar-refractivity contribution in [2.75, 3.05) is 25.1 Å². The monoisotopic (exact) mass is 278 g/mol. The predicted molar refractivity (Wildman–Crippen MR) is 80.9 cm³/mol. The first-order valence-electron chi connectivity index (χ1n) is 7.60. The second-order valence-corrected chi connectivity index (χ2v) is 5.26. The quantitative estimate of drug-likeness (QED) is 0.887. The third-order valence-corrected chi connectivity index (χ3v) is 4.22. The van der Waals surface area contributed by atoms with Crippen molar-refractivity contribution in [2.24, 2.45) is 5.73 Å². The zero-order valence-corrected chi connectivity index (χ0v) is 12.9. The molecular weight excluding hydrogens is 252 g/mol. The van der Waals surface area contributed by atoms with Gasteiger partial charge in [-0.3, -0.25) is 0 Å². The number of nitrogens with zero attached hydrogens (tertiary/aromatic N) is 3. The fourth-order valence-electron chi connectivity index (χ4n) is 3.01. The van der Waals surface area contributed by atoms with Crippen LogP contribution in [-0.2, 0) is 24.1 Å². The third-order valence-electron chi connectivity index (χ3n) is 4.22. The maximum absolute atomic E-state index is 5.99. The van der Waals surface area contributed by atoms with Crippen LogP contribution in [0.1, 0.15) is 43.5 Å². The summed E-state index contributed by atoms with van der Waals surface area (Å²) in [6, 6.07) is 0. The number of hydrogen-bond donors (Lipinski definition) is 1. The molecule has 0 amide bonds. The smallest absolute Gasteiger partial charge is 0.156 e. The minimum atomic E-state index is 0.376. The van der Waals surface area contributed by atoms with Gasteiger partial charge in [-0.2, -0.15) is 5.10 Å². The lowest BCUT2D eigenvalue weighted by Gasteiger charge is -2.33. The van der Waals surface area contributed by atoms with E-state index in [-0.39, 0.29) is 0 Å². The summed E-state index contributed by atoms with van der Waals surface area (Å²) < 4.78 is 5.43. The van der Waals surface area contributed by atoms with Gasteiger partial charge in [-0.1, -0.05) is 13.8 Å². The highest BCUT2D eigenvalue weighted by atomic mass is 16.5. The van der Waals surface area contributed by atoms with Crippen LogP contribution in [0.2, 0.25) is 0 Å². The molecular formula is C15H26N4O. The molecule has 1 saturated heterocycles. The zero-order valence-electron chi connectivity index (χ0n) is 12.9. The van der Waals surface area contributed by atoms with Crippen LogP contribution in [0, 0.1) is 0 Å². The number of methoxy groups -OCH3 is 1. The standard InChI is InChI=1S/C15H26N4O/c1-4-12-13(10-16)15(18-17-14(12)5-2)19-8-6-11(20-3)7-9-19/h11H,4-10,16H2,1-3H3. The average molecular weight is 278 g/mol.